The van der Waals surface area contributed by atoms with Crippen LogP contribution in [0.1, 0.15) is 0 Å². The summed E-state index contributed by atoms with van der Waals surface area (Å²) in [6, 6.07) is 0. The van der Waals surface area contributed by atoms with Crippen LogP contribution in [0.3, 0.4) is 0 Å². The molecule has 6 heteroatoms. The standard InChI is InChI=1S/Ca.H2O3S.H2O.2H/c;1-4(2)3;;;/h;(H2,1,2,3);1H2;;. The summed E-state index contributed by atoms with van der Waals surface area (Å²) < 4.78 is 22.8. The molecule has 0 radical (unpaired) electrons. The number of rotatable bonds is 0. The van der Waals surface area contributed by atoms with Gasteiger partial charge < -0.3 is 5.48 Å². The van der Waals surface area contributed by atoms with E-state index in [0.717, 1.165) is 0 Å². The Morgan fingerprint density at radius 3 is 1.33 bits per heavy atom. The molecule has 0 aliphatic rings. The average Bonchev–Trinajstić information content (AvgIpc) is 0.811. The molecule has 0 aromatic carbocycles. The Morgan fingerprint density at radius 1 is 1.33 bits per heavy atom. The Hall–Kier alpha value is 1.29. The molecule has 4 nitrogen and oxygen atoms in total. The first-order valence-electron chi connectivity index (χ1n) is 0.532. The van der Waals surface area contributed by atoms with Crippen molar-refractivity contribution in [2.24, 2.45) is 0 Å². The molecule has 0 aromatic heterocycles. The summed E-state index contributed by atoms with van der Waals surface area (Å²) in [7, 11) is 0. The van der Waals surface area contributed by atoms with Crippen molar-refractivity contribution in [2.75, 3.05) is 0 Å². The quantitative estimate of drug-likeness (QED) is 0.301. The number of hydrogen-bond donors (Lipinski definition) is 2. The fraction of sp³-hybridized carbons (Fsp3) is 0. The van der Waals surface area contributed by atoms with Crippen LogP contribution in [0.5, 0.6) is 0 Å². The summed E-state index contributed by atoms with van der Waals surface area (Å²) in [6.07, 6.45) is 0. The van der Waals surface area contributed by atoms with Gasteiger partial charge in [-0.25, -0.2) is 0 Å². The van der Waals surface area contributed by atoms with Crippen LogP contribution in [0, 0.1) is 0 Å². The van der Waals surface area contributed by atoms with Gasteiger partial charge in [-0.05, 0) is 0 Å². The van der Waals surface area contributed by atoms with Crippen LogP contribution < -0.4 is 0 Å². The van der Waals surface area contributed by atoms with Gasteiger partial charge in [-0.15, -0.1) is 0 Å². The molecule has 0 atom stereocenters. The zero-order valence-electron chi connectivity index (χ0n) is 2.21. The molecule has 0 spiro atoms. The molecule has 0 rings (SSSR count). The molecule has 0 unspecified atom stereocenters. The predicted octanol–water partition coefficient (Wildman–Crippen LogP) is -2.06. The van der Waals surface area contributed by atoms with Crippen LogP contribution in [0.2, 0.25) is 0 Å². The molecule has 0 aliphatic carbocycles. The summed E-state index contributed by atoms with van der Waals surface area (Å²) in [4.78, 5) is 0. The molecular formula is H6CaO4S. The molecule has 4 N–H and O–H groups in total. The van der Waals surface area contributed by atoms with Crippen LogP contribution >= 0.6 is 0 Å². The first kappa shape index (κ1) is 15.7. The van der Waals surface area contributed by atoms with Crippen molar-refractivity contribution in [3.8, 4) is 0 Å². The van der Waals surface area contributed by atoms with Crippen molar-refractivity contribution in [3.05, 3.63) is 0 Å². The first-order valence-corrected chi connectivity index (χ1v) is 1.60. The average molecular weight is 142 g/mol. The van der Waals surface area contributed by atoms with Gasteiger partial charge in [0.1, 0.15) is 0 Å². The fourth-order valence-electron chi connectivity index (χ4n) is 0. The van der Waals surface area contributed by atoms with Gasteiger partial charge >= 0.3 is 37.7 Å². The molecule has 0 fully saturated rings. The summed E-state index contributed by atoms with van der Waals surface area (Å²) in [5.41, 5.74) is 0. The molecule has 0 amide bonds. The molecule has 0 bridgehead atoms. The summed E-state index contributed by atoms with van der Waals surface area (Å²) in [6.45, 7) is 0. The number of hydrogen-bond acceptors (Lipinski definition) is 1. The molecule has 0 aliphatic heterocycles. The van der Waals surface area contributed by atoms with E-state index < -0.39 is 11.4 Å². The van der Waals surface area contributed by atoms with Gasteiger partial charge in [-0.2, -0.15) is 4.21 Å². The summed E-state index contributed by atoms with van der Waals surface area (Å²) >= 11 is -2.61. The third-order valence-electron chi connectivity index (χ3n) is 0. The van der Waals surface area contributed by atoms with E-state index in [1.54, 1.807) is 0 Å². The van der Waals surface area contributed by atoms with E-state index in [9.17, 15) is 0 Å². The molecule has 0 saturated carbocycles. The Labute approximate surface area is 67.4 Å². The van der Waals surface area contributed by atoms with E-state index in [0.29, 0.717) is 0 Å². The van der Waals surface area contributed by atoms with E-state index in [-0.39, 0.29) is 43.2 Å². The second kappa shape index (κ2) is 9.56. The molecule has 0 heterocycles. The maximum absolute atomic E-state index is 8.67. The van der Waals surface area contributed by atoms with Crippen molar-refractivity contribution in [3.63, 3.8) is 0 Å². The second-order valence-corrected chi connectivity index (χ2v) is 0.692. The van der Waals surface area contributed by atoms with E-state index >= 15 is 0 Å². The van der Waals surface area contributed by atoms with Crippen molar-refractivity contribution in [2.45, 2.75) is 0 Å². The van der Waals surface area contributed by atoms with Crippen LogP contribution in [0.4, 0.5) is 0 Å². The summed E-state index contributed by atoms with van der Waals surface area (Å²) in [5.74, 6) is 0. The molecular weight excluding hydrogens is 136 g/mol. The molecule has 38 valence electrons. The van der Waals surface area contributed by atoms with E-state index in [4.69, 9.17) is 13.3 Å². The monoisotopic (exact) mass is 142 g/mol. The van der Waals surface area contributed by atoms with Gasteiger partial charge in [0.05, 0.1) is 0 Å². The maximum atomic E-state index is 8.67. The van der Waals surface area contributed by atoms with Gasteiger partial charge in [-0.1, -0.05) is 0 Å². The van der Waals surface area contributed by atoms with E-state index in [1.807, 2.05) is 0 Å². The molecule has 0 aromatic rings. The topological polar surface area (TPSA) is 89.0 Å². The van der Waals surface area contributed by atoms with E-state index in [2.05, 4.69) is 0 Å². The third-order valence-corrected chi connectivity index (χ3v) is 0. The second-order valence-electron chi connectivity index (χ2n) is 0.231. The first-order chi connectivity index (χ1) is 1.73. The van der Waals surface area contributed by atoms with E-state index in [1.165, 1.54) is 0 Å². The Balaban J connectivity index is -0.0000000450. The SMILES string of the molecule is O.O=S(O)O.[CaH2]. The Bertz CT molecular complexity index is 30.5. The minimum atomic E-state index is -2.61. The summed E-state index contributed by atoms with van der Waals surface area (Å²) in [5, 5.41) is 0. The fourth-order valence-corrected chi connectivity index (χ4v) is 0. The van der Waals surface area contributed by atoms with Gasteiger partial charge in [0, 0.05) is 0 Å². The van der Waals surface area contributed by atoms with Gasteiger partial charge in [0.2, 0.25) is 0 Å². The van der Waals surface area contributed by atoms with Gasteiger partial charge in [0.15, 0.2) is 0 Å². The molecule has 0 saturated heterocycles. The van der Waals surface area contributed by atoms with Crippen molar-refractivity contribution in [1.82, 2.24) is 0 Å². The third kappa shape index (κ3) is 58.5. The van der Waals surface area contributed by atoms with Crippen molar-refractivity contribution < 1.29 is 18.8 Å². The van der Waals surface area contributed by atoms with Crippen LogP contribution in [-0.2, 0) is 11.4 Å². The van der Waals surface area contributed by atoms with Crippen molar-refractivity contribution in [1.29, 1.82) is 0 Å². The van der Waals surface area contributed by atoms with Gasteiger partial charge in [-0.3, -0.25) is 9.11 Å². The zero-order chi connectivity index (χ0) is 3.58. The van der Waals surface area contributed by atoms with Gasteiger partial charge in [0.25, 0.3) is 11.4 Å². The van der Waals surface area contributed by atoms with Crippen LogP contribution in [0.25, 0.3) is 0 Å². The Morgan fingerprint density at radius 2 is 1.33 bits per heavy atom. The van der Waals surface area contributed by atoms with Crippen molar-refractivity contribution >= 4 is 49.1 Å². The normalized spacial score (nSPS) is 5.83. The van der Waals surface area contributed by atoms with Crippen LogP contribution in [0.15, 0.2) is 0 Å². The molecule has 6 heavy (non-hydrogen) atoms. The zero-order valence-corrected chi connectivity index (χ0v) is 3.03. The predicted molar refractivity (Wildman–Crippen MR) is 25.6 cm³/mol. The Kier molecular flexibility index (Phi) is 25.0. The van der Waals surface area contributed by atoms with Crippen LogP contribution in [-0.4, -0.2) is 56.5 Å². The minimum absolute atomic E-state index is 0.